The van der Waals surface area contributed by atoms with Crippen molar-refractivity contribution in [1.29, 1.82) is 0 Å². The highest BCUT2D eigenvalue weighted by atomic mass is 16.5. The minimum absolute atomic E-state index is 0.197. The van der Waals surface area contributed by atoms with E-state index in [0.29, 0.717) is 11.7 Å². The highest BCUT2D eigenvalue weighted by molar-refractivity contribution is 5.43. The maximum absolute atomic E-state index is 6.19. The minimum atomic E-state index is -0.197. The molecule has 1 heterocycles. The molecule has 1 aliphatic rings. The molecule has 1 aromatic heterocycles. The molecule has 21 heavy (non-hydrogen) atoms. The molecule has 2 unspecified atom stereocenters. The third-order valence-electron chi connectivity index (χ3n) is 4.29. The second-order valence-electron chi connectivity index (χ2n) is 5.54. The van der Waals surface area contributed by atoms with Crippen molar-refractivity contribution in [3.8, 4) is 0 Å². The van der Waals surface area contributed by atoms with Gasteiger partial charge in [-0.2, -0.15) is 4.98 Å². The Labute approximate surface area is 125 Å². The summed E-state index contributed by atoms with van der Waals surface area (Å²) in [5.74, 6) is 1.54. The average Bonchev–Trinajstić information content (AvgIpc) is 2.95. The lowest BCUT2D eigenvalue weighted by Crippen LogP contribution is -2.32. The van der Waals surface area contributed by atoms with Gasteiger partial charge >= 0.3 is 0 Å². The lowest BCUT2D eigenvalue weighted by atomic mass is 9.77. The van der Waals surface area contributed by atoms with Gasteiger partial charge in [0.05, 0.1) is 12.0 Å². The maximum Gasteiger partial charge on any atom is 0.234 e. The number of hydrogen-bond acceptors (Lipinski definition) is 5. The van der Waals surface area contributed by atoms with E-state index in [1.807, 2.05) is 6.07 Å². The van der Waals surface area contributed by atoms with Crippen molar-refractivity contribution >= 4 is 0 Å². The van der Waals surface area contributed by atoms with Crippen molar-refractivity contribution in [3.63, 3.8) is 0 Å². The summed E-state index contributed by atoms with van der Waals surface area (Å²) in [5.41, 5.74) is 8.85. The predicted molar refractivity (Wildman–Crippen MR) is 81.0 cm³/mol. The quantitative estimate of drug-likeness (QED) is 0.880. The molecular formula is C16H22N4O. The molecule has 0 radical (unpaired) electrons. The number of nitrogens with zero attached hydrogens (tertiary/aromatic N) is 3. The van der Waals surface area contributed by atoms with Crippen molar-refractivity contribution in [2.24, 2.45) is 5.73 Å². The van der Waals surface area contributed by atoms with E-state index in [2.05, 4.69) is 47.1 Å². The number of hydrogen-bond donors (Lipinski definition) is 1. The van der Waals surface area contributed by atoms with E-state index in [4.69, 9.17) is 10.3 Å². The molecule has 0 amide bonds. The molecule has 2 N–H and O–H groups in total. The molecular weight excluding hydrogens is 264 g/mol. The first-order chi connectivity index (χ1) is 10.2. The van der Waals surface area contributed by atoms with Gasteiger partial charge in [-0.05, 0) is 30.6 Å². The molecule has 2 aromatic rings. The number of benzene rings is 1. The van der Waals surface area contributed by atoms with Crippen LogP contribution in [0.1, 0.15) is 48.6 Å². The topological polar surface area (TPSA) is 68.2 Å². The highest BCUT2D eigenvalue weighted by Gasteiger charge is 2.32. The standard InChI is InChI=1S/C16H22N4O/c1-3-20(4-2)10-14(17)15-18-16(21-19-15)13-9-11-7-5-6-8-12(11)13/h5-8,13-14H,3-4,9-10,17H2,1-2H3. The second-order valence-corrected chi connectivity index (χ2v) is 5.54. The Morgan fingerprint density at radius 2 is 2.10 bits per heavy atom. The van der Waals surface area contributed by atoms with Crippen molar-refractivity contribution in [2.45, 2.75) is 32.2 Å². The van der Waals surface area contributed by atoms with E-state index in [1.165, 1.54) is 11.1 Å². The van der Waals surface area contributed by atoms with Gasteiger partial charge in [0, 0.05) is 6.54 Å². The fraction of sp³-hybridized carbons (Fsp3) is 0.500. The Bertz CT molecular complexity index is 606. The van der Waals surface area contributed by atoms with Gasteiger partial charge in [0.1, 0.15) is 0 Å². The zero-order chi connectivity index (χ0) is 14.8. The van der Waals surface area contributed by atoms with Crippen LogP contribution in [-0.2, 0) is 6.42 Å². The van der Waals surface area contributed by atoms with Gasteiger partial charge in [0.25, 0.3) is 0 Å². The van der Waals surface area contributed by atoms with Crippen molar-refractivity contribution in [3.05, 3.63) is 47.1 Å². The summed E-state index contributed by atoms with van der Waals surface area (Å²) in [5, 5.41) is 4.08. The molecule has 0 saturated carbocycles. The van der Waals surface area contributed by atoms with Crippen LogP contribution in [0.15, 0.2) is 28.8 Å². The van der Waals surface area contributed by atoms with Crippen molar-refractivity contribution in [1.82, 2.24) is 15.0 Å². The largest absolute Gasteiger partial charge is 0.339 e. The Balaban J connectivity index is 1.70. The number of likely N-dealkylation sites (N-methyl/N-ethyl adjacent to an activating group) is 1. The number of rotatable bonds is 6. The maximum atomic E-state index is 6.19. The lowest BCUT2D eigenvalue weighted by molar-refractivity contribution is 0.277. The van der Waals surface area contributed by atoms with Gasteiger partial charge in [0.2, 0.25) is 5.89 Å². The Morgan fingerprint density at radius 1 is 1.33 bits per heavy atom. The summed E-state index contributed by atoms with van der Waals surface area (Å²) >= 11 is 0. The van der Waals surface area contributed by atoms with Gasteiger partial charge in [0.15, 0.2) is 5.82 Å². The van der Waals surface area contributed by atoms with E-state index >= 15 is 0 Å². The normalized spacial score (nSPS) is 18.4. The zero-order valence-electron chi connectivity index (χ0n) is 12.6. The SMILES string of the molecule is CCN(CC)CC(N)c1noc(C2Cc3ccccc32)n1. The fourth-order valence-electron chi connectivity index (χ4n) is 2.86. The summed E-state index contributed by atoms with van der Waals surface area (Å²) in [4.78, 5) is 6.79. The summed E-state index contributed by atoms with van der Waals surface area (Å²) in [6.07, 6.45) is 0.975. The Kier molecular flexibility index (Phi) is 4.03. The number of fused-ring (bicyclic) bond motifs is 1. The van der Waals surface area contributed by atoms with Crippen LogP contribution in [0.2, 0.25) is 0 Å². The number of aromatic nitrogens is 2. The molecule has 0 fully saturated rings. The van der Waals surface area contributed by atoms with Crippen LogP contribution in [-0.4, -0.2) is 34.7 Å². The molecule has 0 aliphatic heterocycles. The van der Waals surface area contributed by atoms with E-state index in [0.717, 1.165) is 26.1 Å². The van der Waals surface area contributed by atoms with Crippen LogP contribution < -0.4 is 5.73 Å². The summed E-state index contributed by atoms with van der Waals surface area (Å²) in [6, 6.07) is 8.19. The van der Waals surface area contributed by atoms with E-state index in [-0.39, 0.29) is 12.0 Å². The highest BCUT2D eigenvalue weighted by Crippen LogP contribution is 2.39. The van der Waals surface area contributed by atoms with E-state index in [9.17, 15) is 0 Å². The zero-order valence-corrected chi connectivity index (χ0v) is 12.6. The molecule has 112 valence electrons. The Hall–Kier alpha value is -1.72. The summed E-state index contributed by atoms with van der Waals surface area (Å²) in [7, 11) is 0. The fourth-order valence-corrected chi connectivity index (χ4v) is 2.86. The van der Waals surface area contributed by atoms with E-state index < -0.39 is 0 Å². The van der Waals surface area contributed by atoms with Crippen molar-refractivity contribution < 1.29 is 4.52 Å². The van der Waals surface area contributed by atoms with Gasteiger partial charge in [-0.15, -0.1) is 0 Å². The van der Waals surface area contributed by atoms with Crippen LogP contribution in [0.4, 0.5) is 0 Å². The third kappa shape index (κ3) is 2.71. The van der Waals surface area contributed by atoms with Gasteiger partial charge in [-0.25, -0.2) is 0 Å². The van der Waals surface area contributed by atoms with Crippen molar-refractivity contribution in [2.75, 3.05) is 19.6 Å². The second kappa shape index (κ2) is 5.95. The molecule has 3 rings (SSSR count). The average molecular weight is 286 g/mol. The molecule has 0 bridgehead atoms. The molecule has 2 atom stereocenters. The van der Waals surface area contributed by atoms with Gasteiger partial charge in [-0.3, -0.25) is 0 Å². The molecule has 5 heteroatoms. The first kappa shape index (κ1) is 14.2. The molecule has 1 aliphatic carbocycles. The van der Waals surface area contributed by atoms with Crippen LogP contribution >= 0.6 is 0 Å². The van der Waals surface area contributed by atoms with E-state index in [1.54, 1.807) is 0 Å². The molecule has 5 nitrogen and oxygen atoms in total. The molecule has 1 aromatic carbocycles. The third-order valence-corrected chi connectivity index (χ3v) is 4.29. The van der Waals surface area contributed by atoms with Crippen LogP contribution in [0.5, 0.6) is 0 Å². The first-order valence-electron chi connectivity index (χ1n) is 7.62. The monoisotopic (exact) mass is 286 g/mol. The van der Waals surface area contributed by atoms with Crippen LogP contribution in [0, 0.1) is 0 Å². The van der Waals surface area contributed by atoms with Crippen LogP contribution in [0.3, 0.4) is 0 Å². The summed E-state index contributed by atoms with van der Waals surface area (Å²) in [6.45, 7) is 6.97. The lowest BCUT2D eigenvalue weighted by Gasteiger charge is -2.26. The molecule has 0 spiro atoms. The minimum Gasteiger partial charge on any atom is -0.339 e. The Morgan fingerprint density at radius 3 is 2.81 bits per heavy atom. The van der Waals surface area contributed by atoms with Crippen LogP contribution in [0.25, 0.3) is 0 Å². The number of nitrogens with two attached hydrogens (primary N) is 1. The first-order valence-corrected chi connectivity index (χ1v) is 7.62. The van der Waals surface area contributed by atoms with Gasteiger partial charge < -0.3 is 15.2 Å². The van der Waals surface area contributed by atoms with Gasteiger partial charge in [-0.1, -0.05) is 43.3 Å². The smallest absolute Gasteiger partial charge is 0.234 e. The summed E-state index contributed by atoms with van der Waals surface area (Å²) < 4.78 is 5.44. The predicted octanol–water partition coefficient (Wildman–Crippen LogP) is 2.10. The molecule has 0 saturated heterocycles.